The van der Waals surface area contributed by atoms with Gasteiger partial charge in [0.25, 0.3) is 5.91 Å². The largest absolute Gasteiger partial charge is 0.397 e. The summed E-state index contributed by atoms with van der Waals surface area (Å²) in [5.41, 5.74) is 10.4. The van der Waals surface area contributed by atoms with Crippen LogP contribution in [-0.4, -0.2) is 28.9 Å². The van der Waals surface area contributed by atoms with Crippen molar-refractivity contribution in [2.45, 2.75) is 33.6 Å². The topological polar surface area (TPSA) is 59.2 Å². The molecule has 0 unspecified atom stereocenters. The van der Waals surface area contributed by atoms with E-state index in [2.05, 4.69) is 39.0 Å². The molecular weight excluding hydrogens is 330 g/mol. The number of amides is 1. The summed E-state index contributed by atoms with van der Waals surface area (Å²) in [4.78, 5) is 21.2. The third-order valence-electron chi connectivity index (χ3n) is 5.27. The summed E-state index contributed by atoms with van der Waals surface area (Å²) in [6.45, 7) is 8.04. The van der Waals surface area contributed by atoms with Crippen LogP contribution in [-0.2, 0) is 0 Å². The van der Waals surface area contributed by atoms with E-state index in [9.17, 15) is 4.79 Å². The molecule has 3 heterocycles. The van der Waals surface area contributed by atoms with Gasteiger partial charge in [-0.1, -0.05) is 6.92 Å². The quantitative estimate of drug-likeness (QED) is 0.700. The number of pyridine rings is 1. The first-order chi connectivity index (χ1) is 11.9. The Labute approximate surface area is 151 Å². The van der Waals surface area contributed by atoms with E-state index in [0.29, 0.717) is 16.5 Å². The number of carbonyl (C=O) groups is 1. The number of aryl methyl sites for hydroxylation is 2. The monoisotopic (exact) mass is 353 g/mol. The fourth-order valence-electron chi connectivity index (χ4n) is 3.64. The number of benzene rings is 1. The number of thiophene rings is 1. The molecule has 130 valence electrons. The van der Waals surface area contributed by atoms with E-state index in [-0.39, 0.29) is 5.91 Å². The zero-order valence-corrected chi connectivity index (χ0v) is 15.7. The van der Waals surface area contributed by atoms with E-state index in [1.165, 1.54) is 28.9 Å². The second-order valence-corrected chi connectivity index (χ2v) is 8.31. The first-order valence-corrected chi connectivity index (χ1v) is 9.65. The number of carbonyl (C=O) groups excluding carboxylic acids is 1. The number of likely N-dealkylation sites (tertiary alicyclic amines) is 1. The van der Waals surface area contributed by atoms with Crippen molar-refractivity contribution < 1.29 is 4.79 Å². The average Bonchev–Trinajstić information content (AvgIpc) is 2.90. The fourth-order valence-corrected chi connectivity index (χ4v) is 4.70. The maximum absolute atomic E-state index is 13.0. The lowest BCUT2D eigenvalue weighted by Crippen LogP contribution is -2.38. The Kier molecular flexibility index (Phi) is 3.91. The Morgan fingerprint density at radius 3 is 2.80 bits per heavy atom. The van der Waals surface area contributed by atoms with Crippen molar-refractivity contribution in [3.05, 3.63) is 34.2 Å². The van der Waals surface area contributed by atoms with Gasteiger partial charge in [-0.05, 0) is 61.9 Å². The van der Waals surface area contributed by atoms with Crippen molar-refractivity contribution in [2.24, 2.45) is 5.92 Å². The number of aromatic nitrogens is 1. The Morgan fingerprint density at radius 1 is 1.28 bits per heavy atom. The highest BCUT2D eigenvalue weighted by atomic mass is 32.1. The normalized spacial score (nSPS) is 18.2. The maximum Gasteiger partial charge on any atom is 0.266 e. The molecule has 5 heteroatoms. The van der Waals surface area contributed by atoms with E-state index < -0.39 is 0 Å². The zero-order valence-electron chi connectivity index (χ0n) is 14.9. The van der Waals surface area contributed by atoms with Gasteiger partial charge in [0, 0.05) is 23.9 Å². The number of fused-ring (bicyclic) bond motifs is 2. The van der Waals surface area contributed by atoms with Gasteiger partial charge in [0.1, 0.15) is 9.71 Å². The summed E-state index contributed by atoms with van der Waals surface area (Å²) >= 11 is 1.42. The lowest BCUT2D eigenvalue weighted by atomic mass is 10.00. The van der Waals surface area contributed by atoms with Crippen molar-refractivity contribution in [1.29, 1.82) is 0 Å². The summed E-state index contributed by atoms with van der Waals surface area (Å²) in [6, 6.07) is 6.32. The van der Waals surface area contributed by atoms with Crippen LogP contribution in [0.2, 0.25) is 0 Å². The molecule has 0 saturated carbocycles. The number of nitrogen functional groups attached to an aromatic ring is 1. The first kappa shape index (κ1) is 16.3. The number of hydrogen-bond acceptors (Lipinski definition) is 4. The second-order valence-electron chi connectivity index (χ2n) is 7.31. The van der Waals surface area contributed by atoms with Crippen LogP contribution in [0.3, 0.4) is 0 Å². The van der Waals surface area contributed by atoms with E-state index in [1.54, 1.807) is 0 Å². The van der Waals surface area contributed by atoms with Gasteiger partial charge in [0.05, 0.1) is 11.2 Å². The van der Waals surface area contributed by atoms with Crippen LogP contribution in [0.4, 0.5) is 5.69 Å². The van der Waals surface area contributed by atoms with Gasteiger partial charge in [-0.2, -0.15) is 0 Å². The molecule has 1 fully saturated rings. The van der Waals surface area contributed by atoms with Gasteiger partial charge in [-0.15, -0.1) is 11.3 Å². The van der Waals surface area contributed by atoms with Crippen LogP contribution in [0.1, 0.15) is 40.6 Å². The lowest BCUT2D eigenvalue weighted by Gasteiger charge is -2.30. The molecule has 1 amide bonds. The molecule has 0 spiro atoms. The minimum atomic E-state index is 0.0588. The Bertz CT molecular complexity index is 992. The molecule has 0 radical (unpaired) electrons. The predicted molar refractivity (Wildman–Crippen MR) is 105 cm³/mol. The number of nitrogens with zero attached hydrogens (tertiary/aromatic N) is 2. The van der Waals surface area contributed by atoms with Crippen molar-refractivity contribution in [3.63, 3.8) is 0 Å². The summed E-state index contributed by atoms with van der Waals surface area (Å²) in [5, 5.41) is 1.97. The third kappa shape index (κ3) is 2.76. The van der Waals surface area contributed by atoms with Gasteiger partial charge in [-0.3, -0.25) is 4.79 Å². The molecule has 1 aliphatic heterocycles. The van der Waals surface area contributed by atoms with Crippen LogP contribution in [0, 0.1) is 19.8 Å². The number of nitrogens with two attached hydrogens (primary N) is 1. The molecular formula is C20H23N3OS. The summed E-state index contributed by atoms with van der Waals surface area (Å²) in [5.74, 6) is 0.614. The van der Waals surface area contributed by atoms with Crippen LogP contribution in [0.5, 0.6) is 0 Å². The Morgan fingerprint density at radius 2 is 2.04 bits per heavy atom. The number of rotatable bonds is 1. The van der Waals surface area contributed by atoms with Crippen molar-refractivity contribution >= 4 is 44.1 Å². The molecule has 2 N–H and O–H groups in total. The Hall–Kier alpha value is -2.14. The van der Waals surface area contributed by atoms with E-state index in [4.69, 9.17) is 10.7 Å². The minimum absolute atomic E-state index is 0.0588. The molecule has 2 aromatic heterocycles. The zero-order chi connectivity index (χ0) is 17.7. The maximum atomic E-state index is 13.0. The van der Waals surface area contributed by atoms with Crippen LogP contribution in [0.15, 0.2) is 18.2 Å². The summed E-state index contributed by atoms with van der Waals surface area (Å²) in [7, 11) is 0. The summed E-state index contributed by atoms with van der Waals surface area (Å²) < 4.78 is 0. The van der Waals surface area contributed by atoms with Gasteiger partial charge in [0.2, 0.25) is 0 Å². The van der Waals surface area contributed by atoms with Crippen molar-refractivity contribution in [3.8, 4) is 0 Å². The fraction of sp³-hybridized carbons (Fsp3) is 0.400. The van der Waals surface area contributed by atoms with E-state index in [0.717, 1.165) is 40.6 Å². The Balaban J connectivity index is 1.81. The standard InChI is InChI=1S/C20H23N3OS/c1-11-5-4-6-23(10-11)20(24)18-17(21)15-9-14-7-12(2)13(3)8-16(14)22-19(15)25-18/h7-9,11H,4-6,10,21H2,1-3H3/t11-/m1/s1. The predicted octanol–water partition coefficient (Wildman–Crippen LogP) is 4.52. The SMILES string of the molecule is Cc1cc2cc3c(N)c(C(=O)N4CCC[C@@H](C)C4)sc3nc2cc1C. The van der Waals surface area contributed by atoms with Gasteiger partial charge in [-0.25, -0.2) is 4.98 Å². The highest BCUT2D eigenvalue weighted by molar-refractivity contribution is 7.21. The first-order valence-electron chi connectivity index (χ1n) is 8.83. The number of piperidine rings is 1. The van der Waals surface area contributed by atoms with E-state index in [1.807, 2.05) is 4.90 Å². The molecule has 1 aliphatic rings. The van der Waals surface area contributed by atoms with Crippen molar-refractivity contribution in [2.75, 3.05) is 18.8 Å². The van der Waals surface area contributed by atoms with Gasteiger partial charge in [0.15, 0.2) is 0 Å². The second kappa shape index (κ2) is 5.99. The molecule has 1 atom stereocenters. The molecule has 3 aromatic rings. The minimum Gasteiger partial charge on any atom is -0.397 e. The molecule has 1 saturated heterocycles. The third-order valence-corrected chi connectivity index (χ3v) is 6.37. The molecule has 0 aliphatic carbocycles. The highest BCUT2D eigenvalue weighted by Gasteiger charge is 2.26. The average molecular weight is 353 g/mol. The lowest BCUT2D eigenvalue weighted by molar-refractivity contribution is 0.0689. The summed E-state index contributed by atoms with van der Waals surface area (Å²) in [6.07, 6.45) is 2.26. The van der Waals surface area contributed by atoms with Crippen LogP contribution >= 0.6 is 11.3 Å². The highest BCUT2D eigenvalue weighted by Crippen LogP contribution is 2.36. The van der Waals surface area contributed by atoms with Gasteiger partial charge >= 0.3 is 0 Å². The molecule has 4 rings (SSSR count). The van der Waals surface area contributed by atoms with E-state index >= 15 is 0 Å². The molecule has 25 heavy (non-hydrogen) atoms. The molecule has 1 aromatic carbocycles. The smallest absolute Gasteiger partial charge is 0.266 e. The number of anilines is 1. The van der Waals surface area contributed by atoms with Crippen LogP contribution in [0.25, 0.3) is 21.1 Å². The van der Waals surface area contributed by atoms with Crippen LogP contribution < -0.4 is 5.73 Å². The van der Waals surface area contributed by atoms with Gasteiger partial charge < -0.3 is 10.6 Å². The number of hydrogen-bond donors (Lipinski definition) is 1. The van der Waals surface area contributed by atoms with Crippen molar-refractivity contribution in [1.82, 2.24) is 9.88 Å². The molecule has 0 bridgehead atoms. The molecule has 4 nitrogen and oxygen atoms in total.